The number of esters is 4. The normalized spacial score (nSPS) is 14.1. The SMILES string of the molecule is CCCCCCCCCCCCC(=O)OC[C@H](COP(=O)(O)OC[C@H](O)COP(=O)(O)OC[C@@H](COC(=O)CCCCCCCCCCCCCCCCCC(C)C)OC(=O)CCCCCCCCCCCCCCCCCCCCC(C)CC)OC(=O)CCCCCCCCCCCCCCCC(C)C. The number of hydrogen-bond donors (Lipinski definition) is 3. The van der Waals surface area contributed by atoms with E-state index < -0.39 is 97.5 Å². The Balaban J connectivity index is 5.22. The molecule has 19 heteroatoms. The summed E-state index contributed by atoms with van der Waals surface area (Å²) < 4.78 is 68.9. The number of unbranched alkanes of at least 4 members (excludes halogenated alkanes) is 52. The van der Waals surface area contributed by atoms with Crippen LogP contribution in [0.2, 0.25) is 0 Å². The quantitative estimate of drug-likeness (QED) is 0.0222. The zero-order valence-electron chi connectivity index (χ0n) is 69.9. The topological polar surface area (TPSA) is 237 Å². The van der Waals surface area contributed by atoms with Crippen molar-refractivity contribution in [2.75, 3.05) is 39.6 Å². The first kappa shape index (κ1) is 104. The van der Waals surface area contributed by atoms with E-state index in [2.05, 4.69) is 48.5 Å². The molecule has 0 aromatic rings. The molecule has 0 aromatic heterocycles. The van der Waals surface area contributed by atoms with Gasteiger partial charge >= 0.3 is 39.5 Å². The number of aliphatic hydroxyl groups is 1. The van der Waals surface area contributed by atoms with Gasteiger partial charge in [-0.3, -0.25) is 37.3 Å². The second-order valence-electron chi connectivity index (χ2n) is 32.5. The molecular weight excluding hydrogens is 1380 g/mol. The molecular formula is C87H170O17P2. The molecule has 0 heterocycles. The van der Waals surface area contributed by atoms with Crippen LogP contribution in [0.1, 0.15) is 459 Å². The average molecular weight is 1550 g/mol. The van der Waals surface area contributed by atoms with E-state index in [0.717, 1.165) is 108 Å². The molecule has 0 amide bonds. The van der Waals surface area contributed by atoms with Crippen LogP contribution in [0.3, 0.4) is 0 Å². The molecule has 17 nitrogen and oxygen atoms in total. The number of phosphoric ester groups is 2. The Morgan fingerprint density at radius 1 is 0.274 bits per heavy atom. The van der Waals surface area contributed by atoms with Gasteiger partial charge in [-0.05, 0) is 43.4 Å². The number of aliphatic hydroxyl groups excluding tert-OH is 1. The second-order valence-corrected chi connectivity index (χ2v) is 35.4. The van der Waals surface area contributed by atoms with Gasteiger partial charge in [-0.2, -0.15) is 0 Å². The highest BCUT2D eigenvalue weighted by atomic mass is 31.2. The molecule has 0 aliphatic rings. The highest BCUT2D eigenvalue weighted by Gasteiger charge is 2.31. The van der Waals surface area contributed by atoms with Crippen molar-refractivity contribution in [3.63, 3.8) is 0 Å². The van der Waals surface area contributed by atoms with Crippen LogP contribution in [0.4, 0.5) is 0 Å². The molecule has 0 saturated carbocycles. The Morgan fingerprint density at radius 2 is 0.481 bits per heavy atom. The van der Waals surface area contributed by atoms with Crippen LogP contribution in [0, 0.1) is 17.8 Å². The van der Waals surface area contributed by atoms with Gasteiger partial charge in [0.1, 0.15) is 19.3 Å². The number of phosphoric acid groups is 2. The van der Waals surface area contributed by atoms with Crippen molar-refractivity contribution in [1.29, 1.82) is 0 Å². The zero-order chi connectivity index (χ0) is 77.9. The maximum atomic E-state index is 13.2. The molecule has 3 unspecified atom stereocenters. The van der Waals surface area contributed by atoms with E-state index in [1.54, 1.807) is 0 Å². The fraction of sp³-hybridized carbons (Fsp3) is 0.954. The van der Waals surface area contributed by atoms with Gasteiger partial charge in [0.15, 0.2) is 12.2 Å². The molecule has 106 heavy (non-hydrogen) atoms. The zero-order valence-corrected chi connectivity index (χ0v) is 71.7. The molecule has 0 spiro atoms. The molecule has 0 rings (SSSR count). The smallest absolute Gasteiger partial charge is 0.462 e. The number of carbonyl (C=O) groups is 4. The van der Waals surface area contributed by atoms with E-state index in [0.29, 0.717) is 25.7 Å². The summed E-state index contributed by atoms with van der Waals surface area (Å²) in [6.07, 6.45) is 68.0. The Bertz CT molecular complexity index is 2050. The van der Waals surface area contributed by atoms with Crippen molar-refractivity contribution >= 4 is 39.5 Å². The fourth-order valence-corrected chi connectivity index (χ4v) is 15.1. The first-order valence-electron chi connectivity index (χ1n) is 44.9. The van der Waals surface area contributed by atoms with E-state index in [1.165, 1.54) is 270 Å². The molecule has 6 atom stereocenters. The molecule has 0 aliphatic carbocycles. The summed E-state index contributed by atoms with van der Waals surface area (Å²) in [6, 6.07) is 0. The number of rotatable bonds is 85. The number of carbonyl (C=O) groups excluding carboxylic acids is 4. The van der Waals surface area contributed by atoms with Crippen molar-refractivity contribution in [1.82, 2.24) is 0 Å². The van der Waals surface area contributed by atoms with Crippen LogP contribution in [-0.2, 0) is 65.4 Å². The third-order valence-corrected chi connectivity index (χ3v) is 22.6. The first-order valence-corrected chi connectivity index (χ1v) is 47.9. The molecule has 0 bridgehead atoms. The maximum Gasteiger partial charge on any atom is 0.472 e. The maximum absolute atomic E-state index is 13.2. The van der Waals surface area contributed by atoms with E-state index in [9.17, 15) is 43.2 Å². The van der Waals surface area contributed by atoms with Crippen LogP contribution in [-0.4, -0.2) is 96.7 Å². The van der Waals surface area contributed by atoms with Crippen molar-refractivity contribution in [2.24, 2.45) is 17.8 Å². The van der Waals surface area contributed by atoms with Gasteiger partial charge in [-0.15, -0.1) is 0 Å². The van der Waals surface area contributed by atoms with Crippen LogP contribution < -0.4 is 0 Å². The van der Waals surface area contributed by atoms with E-state index >= 15 is 0 Å². The molecule has 0 saturated heterocycles. The van der Waals surface area contributed by atoms with Crippen LogP contribution in [0.15, 0.2) is 0 Å². The number of ether oxygens (including phenoxy) is 4. The highest BCUT2D eigenvalue weighted by molar-refractivity contribution is 7.47. The van der Waals surface area contributed by atoms with Crippen LogP contribution in [0.5, 0.6) is 0 Å². The predicted octanol–water partition coefficient (Wildman–Crippen LogP) is 26.5. The average Bonchev–Trinajstić information content (AvgIpc) is 0.886. The molecule has 630 valence electrons. The van der Waals surface area contributed by atoms with Crippen LogP contribution >= 0.6 is 15.6 Å². The molecule has 0 aromatic carbocycles. The standard InChI is InChI=1S/C87H170O17P2/c1-8-10-11-12-13-14-40-47-54-61-68-84(89)97-74-82(103-87(92)71-64-57-50-43-36-30-24-26-32-38-45-52-59-66-79(5)6)76-101-105(93,94)99-72-81(88)73-100-106(95,96)102-77-83(75-98-85(90)69-62-55-48-41-34-28-23-19-20-25-31-37-44-51-58-65-78(3)4)104-86(91)70-63-56-49-42-35-29-22-18-16-15-17-21-27-33-39-46-53-60-67-80(7)9-2/h78-83,88H,8-77H2,1-7H3,(H,93,94)(H,95,96)/t80?,81-,82+,83+/m0/s1. The first-order chi connectivity index (χ1) is 51.3. The Labute approximate surface area is 651 Å². The fourth-order valence-electron chi connectivity index (χ4n) is 13.5. The third-order valence-electron chi connectivity index (χ3n) is 20.7. The van der Waals surface area contributed by atoms with E-state index in [4.69, 9.17) is 37.0 Å². The lowest BCUT2D eigenvalue weighted by Gasteiger charge is -2.21. The second kappa shape index (κ2) is 77.0. The summed E-state index contributed by atoms with van der Waals surface area (Å²) in [5.41, 5.74) is 0. The van der Waals surface area contributed by atoms with Gasteiger partial charge in [0, 0.05) is 25.7 Å². The summed E-state index contributed by atoms with van der Waals surface area (Å²) >= 11 is 0. The Kier molecular flexibility index (Phi) is 75.6. The molecule has 3 N–H and O–H groups in total. The number of hydrogen-bond acceptors (Lipinski definition) is 15. The monoisotopic (exact) mass is 1550 g/mol. The lowest BCUT2D eigenvalue weighted by Crippen LogP contribution is -2.30. The van der Waals surface area contributed by atoms with Crippen molar-refractivity contribution in [3.8, 4) is 0 Å². The van der Waals surface area contributed by atoms with Gasteiger partial charge in [0.25, 0.3) is 0 Å². The van der Waals surface area contributed by atoms with Crippen molar-refractivity contribution in [3.05, 3.63) is 0 Å². The molecule has 0 fully saturated rings. The van der Waals surface area contributed by atoms with Gasteiger partial charge < -0.3 is 33.8 Å². The van der Waals surface area contributed by atoms with E-state index in [1.807, 2.05) is 0 Å². The lowest BCUT2D eigenvalue weighted by atomic mass is 9.99. The largest absolute Gasteiger partial charge is 0.472 e. The highest BCUT2D eigenvalue weighted by Crippen LogP contribution is 2.45. The minimum Gasteiger partial charge on any atom is -0.462 e. The third kappa shape index (κ3) is 78.7. The minimum absolute atomic E-state index is 0.107. The van der Waals surface area contributed by atoms with Gasteiger partial charge in [-0.1, -0.05) is 408 Å². The summed E-state index contributed by atoms with van der Waals surface area (Å²) in [7, 11) is -9.93. The van der Waals surface area contributed by atoms with Gasteiger partial charge in [-0.25, -0.2) is 9.13 Å². The predicted molar refractivity (Wildman–Crippen MR) is 437 cm³/mol. The molecule has 0 radical (unpaired) electrons. The van der Waals surface area contributed by atoms with Crippen LogP contribution in [0.25, 0.3) is 0 Å². The van der Waals surface area contributed by atoms with Gasteiger partial charge in [0.2, 0.25) is 0 Å². The summed E-state index contributed by atoms with van der Waals surface area (Å²) in [6.45, 7) is 12.1. The Morgan fingerprint density at radius 3 is 0.717 bits per heavy atom. The van der Waals surface area contributed by atoms with Gasteiger partial charge in [0.05, 0.1) is 26.4 Å². The minimum atomic E-state index is -4.97. The van der Waals surface area contributed by atoms with Crippen molar-refractivity contribution < 1.29 is 80.2 Å². The lowest BCUT2D eigenvalue weighted by molar-refractivity contribution is -0.161. The summed E-state index contributed by atoms with van der Waals surface area (Å²) in [5, 5.41) is 10.7. The van der Waals surface area contributed by atoms with Crippen molar-refractivity contribution in [2.45, 2.75) is 478 Å². The molecule has 0 aliphatic heterocycles. The van der Waals surface area contributed by atoms with E-state index in [-0.39, 0.29) is 25.7 Å². The summed E-state index contributed by atoms with van der Waals surface area (Å²) in [5.74, 6) is 0.361. The Hall–Kier alpha value is -1.94. The summed E-state index contributed by atoms with van der Waals surface area (Å²) in [4.78, 5) is 73.2.